The van der Waals surface area contributed by atoms with Crippen molar-refractivity contribution in [1.82, 2.24) is 14.7 Å². The van der Waals surface area contributed by atoms with Gasteiger partial charge in [-0.15, -0.1) is 0 Å². The Labute approximate surface area is 126 Å². The van der Waals surface area contributed by atoms with E-state index in [4.69, 9.17) is 0 Å². The highest BCUT2D eigenvalue weighted by Crippen LogP contribution is 2.21. The number of hydrogen-bond donors (Lipinski definition) is 0. The number of likely N-dealkylation sites (N-methyl/N-ethyl adjacent to an activating group) is 1. The predicted octanol–water partition coefficient (Wildman–Crippen LogP) is 0.980. The van der Waals surface area contributed by atoms with Crippen molar-refractivity contribution in [2.45, 2.75) is 13.0 Å². The maximum absolute atomic E-state index is 12.8. The number of piperazine rings is 1. The fraction of sp³-hybridized carbons (Fsp3) is 0.500. The second-order valence-corrected chi connectivity index (χ2v) is 5.61. The van der Waals surface area contributed by atoms with Crippen LogP contribution >= 0.6 is 0 Å². The molecule has 0 radical (unpaired) electrons. The number of carbonyl (C=O) groups excluding carboxylic acids is 2. The lowest BCUT2D eigenvalue weighted by molar-refractivity contribution is -0.142. The Bertz CT molecular complexity index is 494. The fourth-order valence-corrected chi connectivity index (χ4v) is 2.71. The van der Waals surface area contributed by atoms with E-state index in [-0.39, 0.29) is 17.9 Å². The van der Waals surface area contributed by atoms with Gasteiger partial charge in [-0.05, 0) is 19.7 Å². The molecule has 1 heterocycles. The number of amides is 2. The van der Waals surface area contributed by atoms with E-state index in [1.165, 1.54) is 0 Å². The largest absolute Gasteiger partial charge is 0.339 e. The third-order valence-electron chi connectivity index (χ3n) is 3.90. The first-order valence-corrected chi connectivity index (χ1v) is 7.26. The molecule has 1 aromatic carbocycles. The lowest BCUT2D eigenvalue weighted by Crippen LogP contribution is -2.52. The minimum absolute atomic E-state index is 0.0781. The Hall–Kier alpha value is -1.88. The van der Waals surface area contributed by atoms with Gasteiger partial charge < -0.3 is 9.80 Å². The van der Waals surface area contributed by atoms with E-state index in [1.807, 2.05) is 54.2 Å². The fourth-order valence-electron chi connectivity index (χ4n) is 2.71. The molecule has 1 aliphatic rings. The van der Waals surface area contributed by atoms with Crippen LogP contribution in [0.4, 0.5) is 0 Å². The van der Waals surface area contributed by atoms with E-state index in [2.05, 4.69) is 0 Å². The molecule has 21 heavy (non-hydrogen) atoms. The summed E-state index contributed by atoms with van der Waals surface area (Å²) in [5, 5.41) is 0. The first kappa shape index (κ1) is 15.5. The van der Waals surface area contributed by atoms with E-state index in [9.17, 15) is 9.59 Å². The quantitative estimate of drug-likeness (QED) is 0.833. The summed E-state index contributed by atoms with van der Waals surface area (Å²) in [5.74, 6) is 0.184. The van der Waals surface area contributed by atoms with Gasteiger partial charge in [0.2, 0.25) is 11.8 Å². The summed E-state index contributed by atoms with van der Waals surface area (Å²) in [6, 6.07) is 9.55. The van der Waals surface area contributed by atoms with Gasteiger partial charge in [0.05, 0.1) is 0 Å². The van der Waals surface area contributed by atoms with Crippen LogP contribution in [0.1, 0.15) is 18.5 Å². The van der Waals surface area contributed by atoms with Gasteiger partial charge in [0, 0.05) is 33.1 Å². The molecule has 1 aliphatic heterocycles. The standard InChI is InChI=1S/C16H23N3O2/c1-13(20)18-9-11-19(12-10-18)16(21)15(17(2)3)14-7-5-4-6-8-14/h4-8,15H,9-12H2,1-3H3. The molecule has 5 nitrogen and oxygen atoms in total. The zero-order valence-corrected chi connectivity index (χ0v) is 13.0. The molecule has 1 saturated heterocycles. The zero-order chi connectivity index (χ0) is 15.4. The smallest absolute Gasteiger partial charge is 0.244 e. The van der Waals surface area contributed by atoms with Crippen molar-refractivity contribution in [3.63, 3.8) is 0 Å². The van der Waals surface area contributed by atoms with Crippen LogP contribution in [0.25, 0.3) is 0 Å². The molecule has 0 N–H and O–H groups in total. The minimum atomic E-state index is -0.268. The molecule has 0 bridgehead atoms. The number of nitrogens with zero attached hydrogens (tertiary/aromatic N) is 3. The number of hydrogen-bond acceptors (Lipinski definition) is 3. The van der Waals surface area contributed by atoms with Gasteiger partial charge in [-0.2, -0.15) is 0 Å². The maximum Gasteiger partial charge on any atom is 0.244 e. The van der Waals surface area contributed by atoms with Crippen LogP contribution < -0.4 is 0 Å². The Kier molecular flexibility index (Phi) is 4.96. The van der Waals surface area contributed by atoms with Gasteiger partial charge in [-0.25, -0.2) is 0 Å². The van der Waals surface area contributed by atoms with Crippen molar-refractivity contribution in [3.05, 3.63) is 35.9 Å². The van der Waals surface area contributed by atoms with Crippen LogP contribution in [0.15, 0.2) is 30.3 Å². The molecule has 114 valence electrons. The SMILES string of the molecule is CC(=O)N1CCN(C(=O)C(c2ccccc2)N(C)C)CC1. The van der Waals surface area contributed by atoms with Crippen molar-refractivity contribution < 1.29 is 9.59 Å². The first-order valence-electron chi connectivity index (χ1n) is 7.26. The predicted molar refractivity (Wildman–Crippen MR) is 81.7 cm³/mol. The minimum Gasteiger partial charge on any atom is -0.339 e. The van der Waals surface area contributed by atoms with Crippen LogP contribution in [0, 0.1) is 0 Å². The molecule has 5 heteroatoms. The highest BCUT2D eigenvalue weighted by molar-refractivity contribution is 5.83. The molecule has 1 atom stereocenters. The summed E-state index contributed by atoms with van der Waals surface area (Å²) in [6.07, 6.45) is 0. The molecule has 0 aromatic heterocycles. The van der Waals surface area contributed by atoms with Gasteiger partial charge in [0.25, 0.3) is 0 Å². The summed E-state index contributed by atoms with van der Waals surface area (Å²) >= 11 is 0. The molecule has 0 aliphatic carbocycles. The Morgan fingerprint density at radius 1 is 1.00 bits per heavy atom. The molecular weight excluding hydrogens is 266 g/mol. The molecule has 2 amide bonds. The van der Waals surface area contributed by atoms with Crippen molar-refractivity contribution in [2.75, 3.05) is 40.3 Å². The van der Waals surface area contributed by atoms with E-state index < -0.39 is 0 Å². The highest BCUT2D eigenvalue weighted by atomic mass is 16.2. The van der Waals surface area contributed by atoms with Gasteiger partial charge in [-0.3, -0.25) is 14.5 Å². The van der Waals surface area contributed by atoms with Crippen LogP contribution in [0.5, 0.6) is 0 Å². The summed E-state index contributed by atoms with van der Waals surface area (Å²) in [7, 11) is 3.84. The summed E-state index contributed by atoms with van der Waals surface area (Å²) < 4.78 is 0. The van der Waals surface area contributed by atoms with E-state index in [0.29, 0.717) is 26.2 Å². The van der Waals surface area contributed by atoms with Crippen molar-refractivity contribution in [2.24, 2.45) is 0 Å². The molecule has 1 aromatic rings. The van der Waals surface area contributed by atoms with E-state index in [0.717, 1.165) is 5.56 Å². The van der Waals surface area contributed by atoms with Crippen LogP contribution in [-0.2, 0) is 9.59 Å². The topological polar surface area (TPSA) is 43.9 Å². The van der Waals surface area contributed by atoms with Gasteiger partial charge in [0.15, 0.2) is 0 Å². The van der Waals surface area contributed by atoms with Crippen LogP contribution in [0.3, 0.4) is 0 Å². The molecule has 1 unspecified atom stereocenters. The average Bonchev–Trinajstić information content (AvgIpc) is 2.48. The highest BCUT2D eigenvalue weighted by Gasteiger charge is 2.30. The Morgan fingerprint density at radius 3 is 2.00 bits per heavy atom. The molecular formula is C16H23N3O2. The van der Waals surface area contributed by atoms with E-state index in [1.54, 1.807) is 11.8 Å². The molecule has 1 fully saturated rings. The second kappa shape index (κ2) is 6.72. The van der Waals surface area contributed by atoms with Gasteiger partial charge in [-0.1, -0.05) is 30.3 Å². The van der Waals surface area contributed by atoms with E-state index >= 15 is 0 Å². The van der Waals surface area contributed by atoms with Crippen molar-refractivity contribution in [1.29, 1.82) is 0 Å². The Morgan fingerprint density at radius 2 is 1.52 bits per heavy atom. The third kappa shape index (κ3) is 3.61. The lowest BCUT2D eigenvalue weighted by Gasteiger charge is -2.37. The van der Waals surface area contributed by atoms with Gasteiger partial charge >= 0.3 is 0 Å². The van der Waals surface area contributed by atoms with Crippen LogP contribution in [-0.4, -0.2) is 66.8 Å². The summed E-state index contributed by atoms with van der Waals surface area (Å²) in [6.45, 7) is 4.03. The molecule has 0 saturated carbocycles. The number of rotatable bonds is 3. The monoisotopic (exact) mass is 289 g/mol. The first-order chi connectivity index (χ1) is 10.0. The summed E-state index contributed by atoms with van der Waals surface area (Å²) in [5.41, 5.74) is 1.00. The Balaban J connectivity index is 2.09. The lowest BCUT2D eigenvalue weighted by atomic mass is 10.0. The number of carbonyl (C=O) groups is 2. The van der Waals surface area contributed by atoms with Crippen molar-refractivity contribution >= 4 is 11.8 Å². The molecule has 2 rings (SSSR count). The normalized spacial score (nSPS) is 17.0. The van der Waals surface area contributed by atoms with Crippen molar-refractivity contribution in [3.8, 4) is 0 Å². The summed E-state index contributed by atoms with van der Waals surface area (Å²) in [4.78, 5) is 29.7. The zero-order valence-electron chi connectivity index (χ0n) is 13.0. The average molecular weight is 289 g/mol. The maximum atomic E-state index is 12.8. The van der Waals surface area contributed by atoms with Gasteiger partial charge in [0.1, 0.15) is 6.04 Å². The third-order valence-corrected chi connectivity index (χ3v) is 3.90. The molecule has 0 spiro atoms. The number of benzene rings is 1. The second-order valence-electron chi connectivity index (χ2n) is 5.61. The van der Waals surface area contributed by atoms with Crippen LogP contribution in [0.2, 0.25) is 0 Å².